The number of carbonyl (C=O) groups is 1. The Hall–Kier alpha value is -1.64. The molecule has 0 unspecified atom stereocenters. The van der Waals surface area contributed by atoms with E-state index in [0.717, 1.165) is 30.7 Å². The fraction of sp³-hybridized carbons (Fsp3) is 0.500. The Morgan fingerprint density at radius 2 is 1.84 bits per heavy atom. The van der Waals surface area contributed by atoms with Crippen molar-refractivity contribution in [3.8, 4) is 0 Å². The second kappa shape index (κ2) is 4.80. The van der Waals surface area contributed by atoms with E-state index >= 15 is 0 Å². The van der Waals surface area contributed by atoms with E-state index in [1.165, 1.54) is 24.0 Å². The first-order valence-corrected chi connectivity index (χ1v) is 7.15. The van der Waals surface area contributed by atoms with Crippen LogP contribution in [0.2, 0.25) is 0 Å². The number of anilines is 1. The van der Waals surface area contributed by atoms with E-state index in [1.807, 2.05) is 12.1 Å². The van der Waals surface area contributed by atoms with Crippen molar-refractivity contribution in [1.82, 2.24) is 0 Å². The van der Waals surface area contributed by atoms with Gasteiger partial charge in [0.25, 0.3) is 5.91 Å². The van der Waals surface area contributed by atoms with Crippen LogP contribution in [0.25, 0.3) is 0 Å². The second-order valence-corrected chi connectivity index (χ2v) is 5.74. The Bertz CT molecular complexity index is 527. The van der Waals surface area contributed by atoms with Crippen LogP contribution in [-0.4, -0.2) is 11.6 Å². The van der Waals surface area contributed by atoms with Gasteiger partial charge in [-0.3, -0.25) is 4.79 Å². The van der Waals surface area contributed by atoms with Gasteiger partial charge in [-0.15, -0.1) is 0 Å². The Balaban J connectivity index is 1.95. The summed E-state index contributed by atoms with van der Waals surface area (Å²) < 4.78 is 0. The van der Waals surface area contributed by atoms with Crippen LogP contribution < -0.4 is 5.01 Å². The molecule has 0 spiro atoms. The molecule has 0 bridgehead atoms. The van der Waals surface area contributed by atoms with Crippen LogP contribution >= 0.6 is 0 Å². The van der Waals surface area contributed by atoms with E-state index in [2.05, 4.69) is 25.0 Å². The fourth-order valence-corrected chi connectivity index (χ4v) is 3.14. The van der Waals surface area contributed by atoms with Gasteiger partial charge in [-0.2, -0.15) is 5.10 Å². The average molecular weight is 256 g/mol. The monoisotopic (exact) mass is 256 g/mol. The molecule has 100 valence electrons. The quantitative estimate of drug-likeness (QED) is 0.755. The molecule has 1 aromatic carbocycles. The number of hydrogen-bond acceptors (Lipinski definition) is 2. The molecule has 3 rings (SSSR count). The van der Waals surface area contributed by atoms with Crippen LogP contribution in [0.1, 0.15) is 43.2 Å². The summed E-state index contributed by atoms with van der Waals surface area (Å²) >= 11 is 0. The van der Waals surface area contributed by atoms with Gasteiger partial charge in [-0.05, 0) is 56.4 Å². The molecule has 1 aromatic rings. The van der Waals surface area contributed by atoms with Crippen molar-refractivity contribution in [2.24, 2.45) is 11.0 Å². The highest BCUT2D eigenvalue weighted by Gasteiger charge is 2.36. The smallest absolute Gasteiger partial charge is 0.256 e. The van der Waals surface area contributed by atoms with Crippen molar-refractivity contribution < 1.29 is 4.79 Å². The van der Waals surface area contributed by atoms with Gasteiger partial charge in [0.2, 0.25) is 0 Å². The summed E-state index contributed by atoms with van der Waals surface area (Å²) in [6.07, 6.45) is 5.50. The third-order valence-corrected chi connectivity index (χ3v) is 4.01. The number of aryl methyl sites for hydroxylation is 2. The molecule has 1 saturated carbocycles. The fourth-order valence-electron chi connectivity index (χ4n) is 3.14. The molecular formula is C16H20N2O. The van der Waals surface area contributed by atoms with Crippen molar-refractivity contribution in [1.29, 1.82) is 0 Å². The van der Waals surface area contributed by atoms with E-state index < -0.39 is 0 Å². The van der Waals surface area contributed by atoms with E-state index in [-0.39, 0.29) is 11.8 Å². The summed E-state index contributed by atoms with van der Waals surface area (Å²) in [4.78, 5) is 12.5. The SMILES string of the molecule is Cc1cc(C)cc(N2N=C3CCCCC[C@@H]3C2=O)c1. The summed E-state index contributed by atoms with van der Waals surface area (Å²) in [6, 6.07) is 6.20. The lowest BCUT2D eigenvalue weighted by Crippen LogP contribution is -2.27. The largest absolute Gasteiger partial charge is 0.272 e. The molecule has 0 aromatic heterocycles. The summed E-state index contributed by atoms with van der Waals surface area (Å²) in [7, 11) is 0. The van der Waals surface area contributed by atoms with Gasteiger partial charge in [0.05, 0.1) is 17.3 Å². The number of hydrogen-bond donors (Lipinski definition) is 0. The first-order valence-electron chi connectivity index (χ1n) is 7.15. The number of nitrogens with zero attached hydrogens (tertiary/aromatic N) is 2. The van der Waals surface area contributed by atoms with Gasteiger partial charge in [-0.1, -0.05) is 18.9 Å². The van der Waals surface area contributed by atoms with Crippen molar-refractivity contribution in [2.45, 2.75) is 46.0 Å². The summed E-state index contributed by atoms with van der Waals surface area (Å²) in [5.74, 6) is 0.213. The molecule has 1 heterocycles. The maximum atomic E-state index is 12.5. The molecule has 0 N–H and O–H groups in total. The summed E-state index contributed by atoms with van der Waals surface area (Å²) in [5, 5.41) is 6.23. The minimum atomic E-state index is 0.0447. The molecule has 1 aliphatic heterocycles. The molecule has 3 heteroatoms. The van der Waals surface area contributed by atoms with Gasteiger partial charge in [0, 0.05) is 0 Å². The van der Waals surface area contributed by atoms with Crippen molar-refractivity contribution in [2.75, 3.05) is 5.01 Å². The maximum Gasteiger partial charge on any atom is 0.256 e. The number of benzene rings is 1. The van der Waals surface area contributed by atoms with Crippen molar-refractivity contribution in [3.63, 3.8) is 0 Å². The summed E-state index contributed by atoms with van der Waals surface area (Å²) in [6.45, 7) is 4.12. The summed E-state index contributed by atoms with van der Waals surface area (Å²) in [5.41, 5.74) is 4.37. The van der Waals surface area contributed by atoms with E-state index in [0.29, 0.717) is 0 Å². The van der Waals surface area contributed by atoms with Crippen LogP contribution in [0.3, 0.4) is 0 Å². The zero-order valence-electron chi connectivity index (χ0n) is 11.6. The molecule has 3 nitrogen and oxygen atoms in total. The van der Waals surface area contributed by atoms with Gasteiger partial charge >= 0.3 is 0 Å². The molecule has 1 amide bonds. The molecule has 1 atom stereocenters. The number of carbonyl (C=O) groups excluding carboxylic acids is 1. The predicted octanol–water partition coefficient (Wildman–Crippen LogP) is 3.59. The molecule has 1 aliphatic carbocycles. The Labute approximate surface area is 114 Å². The van der Waals surface area contributed by atoms with Crippen LogP contribution in [0.4, 0.5) is 5.69 Å². The normalized spacial score (nSPS) is 23.1. The van der Waals surface area contributed by atoms with Crippen LogP contribution in [0, 0.1) is 19.8 Å². The van der Waals surface area contributed by atoms with E-state index in [1.54, 1.807) is 5.01 Å². The highest BCUT2D eigenvalue weighted by Crippen LogP contribution is 2.32. The lowest BCUT2D eigenvalue weighted by atomic mass is 9.98. The topological polar surface area (TPSA) is 32.7 Å². The number of hydrazone groups is 1. The van der Waals surface area contributed by atoms with Crippen molar-refractivity contribution >= 4 is 17.3 Å². The van der Waals surface area contributed by atoms with Crippen LogP contribution in [-0.2, 0) is 4.79 Å². The average Bonchev–Trinajstić information content (AvgIpc) is 2.55. The van der Waals surface area contributed by atoms with Crippen LogP contribution in [0.15, 0.2) is 23.3 Å². The van der Waals surface area contributed by atoms with Gasteiger partial charge in [0.1, 0.15) is 0 Å². The highest BCUT2D eigenvalue weighted by atomic mass is 16.2. The molecule has 1 fully saturated rings. The lowest BCUT2D eigenvalue weighted by Gasteiger charge is -2.15. The minimum absolute atomic E-state index is 0.0447. The van der Waals surface area contributed by atoms with Gasteiger partial charge < -0.3 is 0 Å². The number of amides is 1. The van der Waals surface area contributed by atoms with E-state index in [4.69, 9.17) is 0 Å². The molecule has 2 aliphatic rings. The van der Waals surface area contributed by atoms with Gasteiger partial charge in [-0.25, -0.2) is 5.01 Å². The Kier molecular flexibility index (Phi) is 3.13. The van der Waals surface area contributed by atoms with Crippen LogP contribution in [0.5, 0.6) is 0 Å². The number of rotatable bonds is 1. The zero-order chi connectivity index (χ0) is 13.4. The van der Waals surface area contributed by atoms with Crippen molar-refractivity contribution in [3.05, 3.63) is 29.3 Å². The van der Waals surface area contributed by atoms with E-state index in [9.17, 15) is 4.79 Å². The first kappa shape index (κ1) is 12.4. The zero-order valence-corrected chi connectivity index (χ0v) is 11.6. The molecule has 0 radical (unpaired) electrons. The molecular weight excluding hydrogens is 236 g/mol. The minimum Gasteiger partial charge on any atom is -0.272 e. The molecule has 0 saturated heterocycles. The first-order chi connectivity index (χ1) is 9.15. The number of fused-ring (bicyclic) bond motifs is 1. The third kappa shape index (κ3) is 2.29. The lowest BCUT2D eigenvalue weighted by molar-refractivity contribution is -0.119. The Morgan fingerprint density at radius 3 is 2.58 bits per heavy atom. The standard InChI is InChI=1S/C16H20N2O/c1-11-8-12(2)10-13(9-11)18-16(19)14-6-4-3-5-7-15(14)17-18/h8-10,14H,3-7H2,1-2H3/t14-/m0/s1. The Morgan fingerprint density at radius 1 is 1.11 bits per heavy atom. The highest BCUT2D eigenvalue weighted by molar-refractivity contribution is 6.15. The molecule has 19 heavy (non-hydrogen) atoms. The second-order valence-electron chi connectivity index (χ2n) is 5.74. The third-order valence-electron chi connectivity index (χ3n) is 4.01. The maximum absolute atomic E-state index is 12.5. The van der Waals surface area contributed by atoms with Gasteiger partial charge in [0.15, 0.2) is 0 Å². The predicted molar refractivity (Wildman–Crippen MR) is 77.4 cm³/mol.